The Bertz CT molecular complexity index is 331. The Balaban J connectivity index is 2.35. The predicted octanol–water partition coefficient (Wildman–Crippen LogP) is 2.39. The Hall–Kier alpha value is -1.64. The molecular weight excluding hydrogens is 190 g/mol. The number of carbonyl (C=O) groups is 1. The van der Waals surface area contributed by atoms with Crippen LogP contribution in [0.15, 0.2) is 30.3 Å². The van der Waals surface area contributed by atoms with Gasteiger partial charge in [0.25, 0.3) is 0 Å². The van der Waals surface area contributed by atoms with Gasteiger partial charge in [0.1, 0.15) is 11.6 Å². The number of rotatable bonds is 3. The first-order valence-corrected chi connectivity index (χ1v) is 4.93. The van der Waals surface area contributed by atoms with E-state index in [4.69, 9.17) is 4.74 Å². The molecule has 0 aliphatic carbocycles. The monoisotopic (exact) mass is 205 g/mol. The Morgan fingerprint density at radius 1 is 1.40 bits per heavy atom. The van der Waals surface area contributed by atoms with Gasteiger partial charge < -0.3 is 4.74 Å². The van der Waals surface area contributed by atoms with Crippen LogP contribution in [-0.2, 0) is 11.3 Å². The summed E-state index contributed by atoms with van der Waals surface area (Å²) in [6, 6.07) is 9.53. The molecule has 3 nitrogen and oxygen atoms in total. The number of hydrogen-bond donors (Lipinski definition) is 0. The molecule has 15 heavy (non-hydrogen) atoms. The normalized spacial score (nSPS) is 10.9. The highest BCUT2D eigenvalue weighted by molar-refractivity contribution is 5.76. The molecule has 79 valence electrons. The van der Waals surface area contributed by atoms with Gasteiger partial charge >= 0.3 is 6.09 Å². The van der Waals surface area contributed by atoms with E-state index in [1.807, 2.05) is 44.2 Å². The molecule has 0 fully saturated rings. The molecule has 1 aromatic carbocycles. The molecule has 0 aromatic heterocycles. The lowest BCUT2D eigenvalue weighted by Gasteiger charge is -1.95. The number of benzene rings is 1. The second-order valence-corrected chi connectivity index (χ2v) is 3.56. The van der Waals surface area contributed by atoms with Crippen LogP contribution in [-0.4, -0.2) is 12.3 Å². The summed E-state index contributed by atoms with van der Waals surface area (Å²) in [6.07, 6.45) is 1.04. The molecule has 0 saturated heterocycles. The lowest BCUT2D eigenvalue weighted by molar-refractivity contribution is 0.146. The number of ether oxygens (including phenoxy) is 1. The van der Waals surface area contributed by atoms with Crippen LogP contribution in [0.2, 0.25) is 0 Å². The molecule has 0 aliphatic heterocycles. The van der Waals surface area contributed by atoms with E-state index < -0.39 is 6.09 Å². The summed E-state index contributed by atoms with van der Waals surface area (Å²) in [5.41, 5.74) is 0.964. The van der Waals surface area contributed by atoms with E-state index in [-0.39, 0.29) is 12.5 Å². The van der Waals surface area contributed by atoms with E-state index in [1.54, 1.807) is 6.21 Å². The van der Waals surface area contributed by atoms with Crippen molar-refractivity contribution in [1.82, 2.24) is 4.99 Å². The van der Waals surface area contributed by atoms with Crippen LogP contribution in [0.4, 0.5) is 4.79 Å². The molecule has 1 rings (SSSR count). The second kappa shape index (κ2) is 5.96. The first kappa shape index (κ1) is 11.4. The number of carbonyl (C=O) groups excluding carboxylic acids is 1. The van der Waals surface area contributed by atoms with Gasteiger partial charge in [-0.3, -0.25) is 0 Å². The first-order valence-electron chi connectivity index (χ1n) is 4.93. The topological polar surface area (TPSA) is 40.4 Å². The summed E-state index contributed by atoms with van der Waals surface area (Å²) in [4.78, 5) is 14.8. The summed E-state index contributed by atoms with van der Waals surface area (Å²) in [7, 11) is 0. The van der Waals surface area contributed by atoms with Crippen LogP contribution in [0.3, 0.4) is 0 Å². The summed E-state index contributed by atoms with van der Waals surface area (Å²) in [5, 5.41) is 0. The second-order valence-electron chi connectivity index (χ2n) is 3.56. The quantitative estimate of drug-likeness (QED) is 0.711. The summed E-state index contributed by atoms with van der Waals surface area (Å²) in [6.45, 7) is 4.18. The van der Waals surface area contributed by atoms with Gasteiger partial charge in [0, 0.05) is 5.92 Å². The summed E-state index contributed by atoms with van der Waals surface area (Å²) in [5.74, 6) is 0.259. The minimum Gasteiger partial charge on any atom is -0.402 e. The van der Waals surface area contributed by atoms with Crippen molar-refractivity contribution in [3.8, 4) is 0 Å². The van der Waals surface area contributed by atoms with Gasteiger partial charge in [0.05, 0.1) is 0 Å². The molecule has 0 aliphatic rings. The molecule has 0 spiro atoms. The van der Waals surface area contributed by atoms with Crippen LogP contribution in [0.5, 0.6) is 0 Å². The van der Waals surface area contributed by atoms with Gasteiger partial charge in [0.2, 0.25) is 6.21 Å². The van der Waals surface area contributed by atoms with Crippen molar-refractivity contribution < 1.29 is 9.53 Å². The van der Waals surface area contributed by atoms with Gasteiger partial charge in [-0.05, 0) is 5.56 Å². The molecule has 0 atom stereocenters. The molecular formula is C12H15NO2+. The van der Waals surface area contributed by atoms with E-state index >= 15 is 0 Å². The van der Waals surface area contributed by atoms with E-state index in [9.17, 15) is 4.79 Å². The largest absolute Gasteiger partial charge is 0.663 e. The highest BCUT2D eigenvalue weighted by Crippen LogP contribution is 2.00. The minimum absolute atomic E-state index is 0.259. The molecule has 0 heterocycles. The van der Waals surface area contributed by atoms with E-state index in [1.165, 1.54) is 0 Å². The SMILES string of the molecule is CC(C)C=[N+]C(=O)OCc1ccccc1. The summed E-state index contributed by atoms with van der Waals surface area (Å²) >= 11 is 0. The van der Waals surface area contributed by atoms with Crippen LogP contribution in [0.25, 0.3) is 0 Å². The molecule has 0 bridgehead atoms. The zero-order valence-electron chi connectivity index (χ0n) is 9.01. The summed E-state index contributed by atoms with van der Waals surface area (Å²) < 4.78 is 4.94. The third kappa shape index (κ3) is 4.96. The van der Waals surface area contributed by atoms with Gasteiger partial charge in [-0.25, -0.2) is 0 Å². The van der Waals surface area contributed by atoms with Crippen molar-refractivity contribution in [1.29, 1.82) is 0 Å². The molecule has 0 saturated carbocycles. The Morgan fingerprint density at radius 2 is 2.07 bits per heavy atom. The van der Waals surface area contributed by atoms with Crippen molar-refractivity contribution in [3.05, 3.63) is 35.9 Å². The Labute approximate surface area is 89.8 Å². The van der Waals surface area contributed by atoms with E-state index in [0.29, 0.717) is 0 Å². The van der Waals surface area contributed by atoms with Crippen molar-refractivity contribution in [2.75, 3.05) is 0 Å². The smallest absolute Gasteiger partial charge is 0.402 e. The highest BCUT2D eigenvalue weighted by atomic mass is 16.5. The van der Waals surface area contributed by atoms with Crippen LogP contribution in [0, 0.1) is 5.92 Å². The predicted molar refractivity (Wildman–Crippen MR) is 59.7 cm³/mol. The average Bonchev–Trinajstić information content (AvgIpc) is 2.25. The standard InChI is InChI=1S/C12H15NO2/c1-10(2)8-13-12(14)15-9-11-6-4-3-5-7-11/h3-8,10H,9H2,1-2H3/q+1. The average molecular weight is 205 g/mol. The maximum absolute atomic E-state index is 11.1. The third-order valence-corrected chi connectivity index (χ3v) is 1.68. The molecule has 1 amide bonds. The van der Waals surface area contributed by atoms with Gasteiger partial charge in [-0.1, -0.05) is 44.2 Å². The molecule has 1 radical (unpaired) electrons. The molecule has 1 aromatic rings. The lowest BCUT2D eigenvalue weighted by atomic mass is 10.2. The lowest BCUT2D eigenvalue weighted by Crippen LogP contribution is -2.11. The van der Waals surface area contributed by atoms with Gasteiger partial charge in [0.15, 0.2) is 0 Å². The maximum Gasteiger partial charge on any atom is 0.663 e. The van der Waals surface area contributed by atoms with E-state index in [0.717, 1.165) is 5.56 Å². The molecule has 3 heteroatoms. The van der Waals surface area contributed by atoms with E-state index in [2.05, 4.69) is 4.99 Å². The minimum atomic E-state index is -0.535. The fraction of sp³-hybridized carbons (Fsp3) is 0.333. The maximum atomic E-state index is 11.1. The molecule has 0 N–H and O–H groups in total. The van der Waals surface area contributed by atoms with Crippen molar-refractivity contribution in [2.45, 2.75) is 20.5 Å². The van der Waals surface area contributed by atoms with Crippen LogP contribution < -0.4 is 4.99 Å². The van der Waals surface area contributed by atoms with Crippen molar-refractivity contribution in [3.63, 3.8) is 0 Å². The number of nitrogens with zero attached hydrogens (tertiary/aromatic N) is 1. The molecule has 0 unspecified atom stereocenters. The highest BCUT2D eigenvalue weighted by Gasteiger charge is 2.13. The fourth-order valence-corrected chi connectivity index (χ4v) is 0.967. The Morgan fingerprint density at radius 3 is 2.67 bits per heavy atom. The number of aliphatic imine (C=N–C) groups is 1. The van der Waals surface area contributed by atoms with Crippen molar-refractivity contribution in [2.24, 2.45) is 5.92 Å². The third-order valence-electron chi connectivity index (χ3n) is 1.68. The first-order chi connectivity index (χ1) is 7.18. The van der Waals surface area contributed by atoms with Crippen LogP contribution >= 0.6 is 0 Å². The van der Waals surface area contributed by atoms with Crippen LogP contribution in [0.1, 0.15) is 19.4 Å². The zero-order valence-corrected chi connectivity index (χ0v) is 9.01. The number of amides is 1. The fourth-order valence-electron chi connectivity index (χ4n) is 0.967. The van der Waals surface area contributed by atoms with Crippen molar-refractivity contribution >= 4 is 12.3 Å². The number of hydrogen-bond acceptors (Lipinski definition) is 2. The zero-order chi connectivity index (χ0) is 11.1. The Kier molecular flexibility index (Phi) is 4.54. The van der Waals surface area contributed by atoms with Gasteiger partial charge in [-0.2, -0.15) is 4.79 Å². The van der Waals surface area contributed by atoms with Gasteiger partial charge in [-0.15, -0.1) is 0 Å².